The van der Waals surface area contributed by atoms with Gasteiger partial charge in [0.1, 0.15) is 11.6 Å². The van der Waals surface area contributed by atoms with E-state index in [2.05, 4.69) is 75.1 Å². The first-order valence-corrected chi connectivity index (χ1v) is 12.9. The molecule has 0 atom stereocenters. The Labute approximate surface area is 218 Å². The Morgan fingerprint density at radius 1 is 1.17 bits per heavy atom. The van der Waals surface area contributed by atoms with Crippen LogP contribution in [0.4, 0.5) is 11.6 Å². The molecule has 0 fully saturated rings. The summed E-state index contributed by atoms with van der Waals surface area (Å²) in [7, 11) is 0. The van der Waals surface area contributed by atoms with E-state index >= 15 is 0 Å². The van der Waals surface area contributed by atoms with E-state index < -0.39 is 0 Å². The summed E-state index contributed by atoms with van der Waals surface area (Å²) in [5.74, 6) is 1.54. The van der Waals surface area contributed by atoms with Crippen molar-refractivity contribution >= 4 is 23.4 Å². The zero-order chi connectivity index (χ0) is 26.7. The number of rotatable bonds is 11. The van der Waals surface area contributed by atoms with Gasteiger partial charge in [-0.05, 0) is 67.1 Å². The van der Waals surface area contributed by atoms with Gasteiger partial charge in [0.25, 0.3) is 0 Å². The van der Waals surface area contributed by atoms with E-state index in [1.807, 2.05) is 42.4 Å². The molecule has 0 amide bonds. The molecule has 36 heavy (non-hydrogen) atoms. The van der Waals surface area contributed by atoms with E-state index in [0.29, 0.717) is 12.0 Å². The molecule has 0 unspecified atom stereocenters. The minimum Gasteiger partial charge on any atom is -0.395 e. The van der Waals surface area contributed by atoms with Gasteiger partial charge >= 0.3 is 0 Å². The van der Waals surface area contributed by atoms with Crippen LogP contribution in [-0.4, -0.2) is 51.1 Å². The lowest BCUT2D eigenvalue weighted by molar-refractivity contribution is 0.267. The van der Waals surface area contributed by atoms with Crippen molar-refractivity contribution in [3.63, 3.8) is 0 Å². The summed E-state index contributed by atoms with van der Waals surface area (Å²) in [6, 6.07) is 6.17. The normalized spacial score (nSPS) is 12.8. The second kappa shape index (κ2) is 14.0. The van der Waals surface area contributed by atoms with Gasteiger partial charge in [-0.1, -0.05) is 47.3 Å². The summed E-state index contributed by atoms with van der Waals surface area (Å²) in [6.45, 7) is 24.5. The van der Waals surface area contributed by atoms with Crippen molar-refractivity contribution < 1.29 is 5.11 Å². The summed E-state index contributed by atoms with van der Waals surface area (Å²) in [4.78, 5) is 13.6. The standard InChI is InChI=1S/C25H33N5O.C5H12/c1-5-7-12-29(11-6-2)18-21-8-10-26-23(16-21)28-24-17-22-9-13-30(14-15-31)20(4)25(22)19(3)27-24;1-5(2,3)4/h5,8-10,13,16-17,31H,1,4,6-7,11-12,14-15,18H2,2-3H3,(H,26,27,28);1-4H3. The number of aliphatic hydroxyl groups excluding tert-OH is 1. The fourth-order valence-corrected chi connectivity index (χ4v) is 3.88. The number of nitrogens with zero attached hydrogens (tertiary/aromatic N) is 4. The number of β-amino-alcohol motifs (C(OH)–C–C–N with tert-alkyl or cyclic N) is 1. The van der Waals surface area contributed by atoms with Crippen LogP contribution in [0.2, 0.25) is 0 Å². The molecule has 3 heterocycles. The van der Waals surface area contributed by atoms with E-state index in [4.69, 9.17) is 4.98 Å². The van der Waals surface area contributed by atoms with Crippen molar-refractivity contribution in [3.8, 4) is 0 Å². The summed E-state index contributed by atoms with van der Waals surface area (Å²) in [5.41, 5.74) is 5.55. The van der Waals surface area contributed by atoms with E-state index in [1.165, 1.54) is 5.56 Å². The zero-order valence-electron chi connectivity index (χ0n) is 23.1. The first kappa shape index (κ1) is 29.3. The maximum absolute atomic E-state index is 9.25. The molecule has 3 rings (SSSR count). The van der Waals surface area contributed by atoms with Crippen molar-refractivity contribution in [2.75, 3.05) is 31.6 Å². The van der Waals surface area contributed by atoms with Gasteiger partial charge in [-0.2, -0.15) is 0 Å². The molecule has 2 aromatic heterocycles. The monoisotopic (exact) mass is 491 g/mol. The van der Waals surface area contributed by atoms with Crippen molar-refractivity contribution in [3.05, 3.63) is 72.2 Å². The topological polar surface area (TPSA) is 64.5 Å². The number of aryl methyl sites for hydroxylation is 1. The second-order valence-electron chi connectivity index (χ2n) is 10.8. The van der Waals surface area contributed by atoms with E-state index in [9.17, 15) is 5.11 Å². The Bertz CT molecular complexity index is 1030. The number of aliphatic hydroxyl groups is 1. The first-order valence-electron chi connectivity index (χ1n) is 12.9. The molecule has 2 aromatic rings. The summed E-state index contributed by atoms with van der Waals surface area (Å²) in [6.07, 6.45) is 9.91. The average molecular weight is 492 g/mol. The molecule has 1 aliphatic heterocycles. The molecule has 0 radical (unpaired) electrons. The van der Waals surface area contributed by atoms with Gasteiger partial charge in [0.2, 0.25) is 0 Å². The molecule has 2 N–H and O–H groups in total. The highest BCUT2D eigenvalue weighted by Gasteiger charge is 2.19. The smallest absolute Gasteiger partial charge is 0.132 e. The fraction of sp³-hybridized carbons (Fsp3) is 0.467. The molecule has 6 heteroatoms. The number of nitrogens with one attached hydrogen (secondary N) is 1. The van der Waals surface area contributed by atoms with Gasteiger partial charge in [-0.15, -0.1) is 6.58 Å². The molecule has 0 spiro atoms. The number of aromatic nitrogens is 2. The molecular weight excluding hydrogens is 446 g/mol. The molecule has 0 aliphatic carbocycles. The van der Waals surface area contributed by atoms with Crippen LogP contribution in [0.1, 0.15) is 69.8 Å². The maximum atomic E-state index is 9.25. The number of pyridine rings is 2. The fourth-order valence-electron chi connectivity index (χ4n) is 3.88. The van der Waals surface area contributed by atoms with Crippen molar-refractivity contribution in [2.45, 2.75) is 60.9 Å². The molecule has 0 bridgehead atoms. The third-order valence-corrected chi connectivity index (χ3v) is 5.32. The van der Waals surface area contributed by atoms with Crippen molar-refractivity contribution in [1.29, 1.82) is 0 Å². The predicted octanol–water partition coefficient (Wildman–Crippen LogP) is 6.62. The van der Waals surface area contributed by atoms with Crippen LogP contribution in [0.5, 0.6) is 0 Å². The average Bonchev–Trinajstić information content (AvgIpc) is 2.78. The van der Waals surface area contributed by atoms with Gasteiger partial charge in [0, 0.05) is 49.0 Å². The summed E-state index contributed by atoms with van der Waals surface area (Å²) >= 11 is 0. The van der Waals surface area contributed by atoms with Gasteiger partial charge in [0.05, 0.1) is 6.61 Å². The van der Waals surface area contributed by atoms with Gasteiger partial charge < -0.3 is 15.3 Å². The summed E-state index contributed by atoms with van der Waals surface area (Å²) < 4.78 is 0. The quantitative estimate of drug-likeness (QED) is 0.345. The molecule has 1 aliphatic rings. The van der Waals surface area contributed by atoms with Crippen LogP contribution < -0.4 is 5.32 Å². The number of fused-ring (bicyclic) bond motifs is 1. The highest BCUT2D eigenvalue weighted by Crippen LogP contribution is 2.32. The SMILES string of the molecule is C=CCCN(CCC)Cc1ccnc(Nc2cc3c(c(C)n2)C(=C)N(CCO)C=C3)c1.CC(C)(C)C. The second-order valence-corrected chi connectivity index (χ2v) is 10.8. The van der Waals surface area contributed by atoms with Crippen LogP contribution in [0.3, 0.4) is 0 Å². The number of hydrogen-bond donors (Lipinski definition) is 2. The van der Waals surface area contributed by atoms with Crippen LogP contribution in [0.15, 0.2) is 49.8 Å². The van der Waals surface area contributed by atoms with Gasteiger partial charge in [-0.25, -0.2) is 9.97 Å². The zero-order valence-corrected chi connectivity index (χ0v) is 23.1. The van der Waals surface area contributed by atoms with Crippen LogP contribution in [-0.2, 0) is 6.54 Å². The Morgan fingerprint density at radius 3 is 2.53 bits per heavy atom. The maximum Gasteiger partial charge on any atom is 0.132 e. The molecule has 6 nitrogen and oxygen atoms in total. The third-order valence-electron chi connectivity index (χ3n) is 5.32. The largest absolute Gasteiger partial charge is 0.395 e. The highest BCUT2D eigenvalue weighted by molar-refractivity contribution is 5.79. The molecule has 196 valence electrons. The highest BCUT2D eigenvalue weighted by atomic mass is 16.3. The minimum absolute atomic E-state index is 0.0795. The van der Waals surface area contributed by atoms with Gasteiger partial charge in [0.15, 0.2) is 0 Å². The van der Waals surface area contributed by atoms with Crippen LogP contribution in [0.25, 0.3) is 11.8 Å². The van der Waals surface area contributed by atoms with Crippen molar-refractivity contribution in [2.24, 2.45) is 5.41 Å². The Balaban J connectivity index is 0.000000830. The van der Waals surface area contributed by atoms with Crippen molar-refractivity contribution in [1.82, 2.24) is 19.8 Å². The summed E-state index contributed by atoms with van der Waals surface area (Å²) in [5, 5.41) is 12.6. The Morgan fingerprint density at radius 2 is 1.89 bits per heavy atom. The molecule has 0 aromatic carbocycles. The minimum atomic E-state index is 0.0795. The lowest BCUT2D eigenvalue weighted by atomic mass is 10.00. The van der Waals surface area contributed by atoms with E-state index in [1.54, 1.807) is 0 Å². The Hall–Kier alpha value is -2.96. The lowest BCUT2D eigenvalue weighted by Crippen LogP contribution is -2.25. The van der Waals surface area contributed by atoms with E-state index in [0.717, 1.165) is 66.6 Å². The number of hydrogen-bond acceptors (Lipinski definition) is 6. The predicted molar refractivity (Wildman–Crippen MR) is 154 cm³/mol. The molecule has 0 saturated carbocycles. The third kappa shape index (κ3) is 9.59. The van der Waals surface area contributed by atoms with Crippen LogP contribution >= 0.6 is 0 Å². The number of anilines is 2. The van der Waals surface area contributed by atoms with E-state index in [-0.39, 0.29) is 6.61 Å². The lowest BCUT2D eigenvalue weighted by Gasteiger charge is -2.28. The molecule has 0 saturated heterocycles. The van der Waals surface area contributed by atoms with Gasteiger partial charge in [-0.3, -0.25) is 4.90 Å². The molecular formula is C30H45N5O. The first-order chi connectivity index (χ1) is 17.0. The van der Waals surface area contributed by atoms with Crippen LogP contribution in [0, 0.1) is 12.3 Å². The Kier molecular flexibility index (Phi) is 11.3.